The molecule has 3 N–H and O–H groups in total. The third kappa shape index (κ3) is 4.96. The van der Waals surface area contributed by atoms with Gasteiger partial charge in [-0.1, -0.05) is 30.3 Å². The summed E-state index contributed by atoms with van der Waals surface area (Å²) < 4.78 is 20.1. The number of ether oxygens (including phenoxy) is 1. The number of anilines is 1. The number of methoxy groups -OCH3 is 1. The summed E-state index contributed by atoms with van der Waals surface area (Å²) in [7, 11) is 1.43. The first-order chi connectivity index (χ1) is 17.5. The monoisotopic (exact) mass is 485 g/mol. The third-order valence-corrected chi connectivity index (χ3v) is 5.81. The number of amides is 2. The zero-order chi connectivity index (χ0) is 25.1. The first kappa shape index (κ1) is 23.3. The summed E-state index contributed by atoms with van der Waals surface area (Å²) in [5.74, 6) is -0.975. The molecule has 0 atom stereocenters. The second-order valence-corrected chi connectivity index (χ2v) is 8.44. The number of imidazole rings is 1. The molecule has 0 fully saturated rings. The van der Waals surface area contributed by atoms with Crippen molar-refractivity contribution in [2.45, 2.75) is 13.1 Å². The van der Waals surface area contributed by atoms with Crippen LogP contribution in [0.2, 0.25) is 0 Å². The van der Waals surface area contributed by atoms with E-state index in [0.717, 1.165) is 22.2 Å². The predicted octanol–water partition coefficient (Wildman–Crippen LogP) is 4.22. The molecule has 0 radical (unpaired) electrons. The number of halogens is 1. The summed E-state index contributed by atoms with van der Waals surface area (Å²) in [6, 6.07) is 19.4. The summed E-state index contributed by atoms with van der Waals surface area (Å²) in [6.45, 7) is 0.578. The van der Waals surface area contributed by atoms with E-state index in [4.69, 9.17) is 4.74 Å². The maximum absolute atomic E-state index is 13.4. The van der Waals surface area contributed by atoms with E-state index >= 15 is 0 Å². The van der Waals surface area contributed by atoms with Crippen molar-refractivity contribution in [1.29, 1.82) is 0 Å². The first-order valence-electron chi connectivity index (χ1n) is 11.4. The van der Waals surface area contributed by atoms with Crippen molar-refractivity contribution in [1.82, 2.24) is 19.9 Å². The number of H-pyrrole nitrogens is 1. The van der Waals surface area contributed by atoms with Crippen molar-refractivity contribution < 1.29 is 18.7 Å². The van der Waals surface area contributed by atoms with Gasteiger partial charge in [-0.05, 0) is 47.3 Å². The van der Waals surface area contributed by atoms with Crippen LogP contribution in [0.4, 0.5) is 10.1 Å². The number of nitrogens with zero attached hydrogens (tertiary/aromatic N) is 2. The molecule has 0 aliphatic rings. The van der Waals surface area contributed by atoms with Crippen molar-refractivity contribution in [3.05, 3.63) is 95.7 Å². The SMILES string of the molecule is COCC(=O)Nc1cc(C(=O)NCc2cc3ccccc3[nH]2)c2c(c1)ncn2Cc1ccc(F)cc1. The second-order valence-electron chi connectivity index (χ2n) is 8.44. The Labute approximate surface area is 206 Å². The summed E-state index contributed by atoms with van der Waals surface area (Å²) in [4.78, 5) is 33.3. The molecule has 2 aromatic heterocycles. The summed E-state index contributed by atoms with van der Waals surface area (Å²) in [5.41, 5.74) is 4.66. The number of carbonyl (C=O) groups is 2. The van der Waals surface area contributed by atoms with Gasteiger partial charge in [0.2, 0.25) is 5.91 Å². The zero-order valence-electron chi connectivity index (χ0n) is 19.5. The Morgan fingerprint density at radius 3 is 2.67 bits per heavy atom. The summed E-state index contributed by atoms with van der Waals surface area (Å²) in [5, 5.41) is 6.77. The number of aromatic nitrogens is 3. The van der Waals surface area contributed by atoms with E-state index in [1.54, 1.807) is 30.6 Å². The van der Waals surface area contributed by atoms with Crippen molar-refractivity contribution in [2.24, 2.45) is 0 Å². The largest absolute Gasteiger partial charge is 0.375 e. The van der Waals surface area contributed by atoms with Crippen molar-refractivity contribution in [2.75, 3.05) is 19.0 Å². The predicted molar refractivity (Wildman–Crippen MR) is 135 cm³/mol. The van der Waals surface area contributed by atoms with Crippen LogP contribution in [0.15, 0.2) is 73.1 Å². The molecule has 0 bridgehead atoms. The average Bonchev–Trinajstić information content (AvgIpc) is 3.47. The molecule has 0 spiro atoms. The van der Waals surface area contributed by atoms with Crippen molar-refractivity contribution >= 4 is 39.4 Å². The van der Waals surface area contributed by atoms with Crippen LogP contribution in [0, 0.1) is 5.82 Å². The Kier molecular flexibility index (Phi) is 6.46. The number of fused-ring (bicyclic) bond motifs is 2. The van der Waals surface area contributed by atoms with Gasteiger partial charge >= 0.3 is 0 Å². The Morgan fingerprint density at radius 2 is 1.89 bits per heavy atom. The topological polar surface area (TPSA) is 101 Å². The Bertz CT molecular complexity index is 1520. The van der Waals surface area contributed by atoms with Crippen LogP contribution in [0.25, 0.3) is 21.9 Å². The van der Waals surface area contributed by atoms with Gasteiger partial charge in [-0.2, -0.15) is 0 Å². The van der Waals surface area contributed by atoms with Crippen LogP contribution >= 0.6 is 0 Å². The molecular weight excluding hydrogens is 461 g/mol. The van der Waals surface area contributed by atoms with Crippen LogP contribution in [0.1, 0.15) is 21.6 Å². The fraction of sp³-hybridized carbons (Fsp3) is 0.148. The number of carbonyl (C=O) groups excluding carboxylic acids is 2. The number of aromatic amines is 1. The van der Waals surface area contributed by atoms with Gasteiger partial charge in [-0.15, -0.1) is 0 Å². The molecular formula is C27H24FN5O3. The van der Waals surface area contributed by atoms with Gasteiger partial charge in [0.25, 0.3) is 5.91 Å². The number of para-hydroxylation sites is 1. The number of hydrogen-bond donors (Lipinski definition) is 3. The normalized spacial score (nSPS) is 11.2. The second kappa shape index (κ2) is 10.0. The lowest BCUT2D eigenvalue weighted by atomic mass is 10.1. The highest BCUT2D eigenvalue weighted by atomic mass is 19.1. The van der Waals surface area contributed by atoms with Crippen molar-refractivity contribution in [3.63, 3.8) is 0 Å². The van der Waals surface area contributed by atoms with Gasteiger partial charge in [0.15, 0.2) is 0 Å². The molecule has 2 heterocycles. The van der Waals surface area contributed by atoms with Gasteiger partial charge in [0.1, 0.15) is 12.4 Å². The Morgan fingerprint density at radius 1 is 1.08 bits per heavy atom. The smallest absolute Gasteiger partial charge is 0.253 e. The summed E-state index contributed by atoms with van der Waals surface area (Å²) in [6.07, 6.45) is 1.63. The van der Waals surface area contributed by atoms with Crippen molar-refractivity contribution in [3.8, 4) is 0 Å². The lowest BCUT2D eigenvalue weighted by Gasteiger charge is -2.12. The lowest BCUT2D eigenvalue weighted by Crippen LogP contribution is -2.24. The maximum atomic E-state index is 13.4. The maximum Gasteiger partial charge on any atom is 0.253 e. The van der Waals surface area contributed by atoms with E-state index in [0.29, 0.717) is 35.4 Å². The van der Waals surface area contributed by atoms with Gasteiger partial charge in [0.05, 0.1) is 29.5 Å². The first-order valence-corrected chi connectivity index (χ1v) is 11.4. The van der Waals surface area contributed by atoms with Gasteiger partial charge in [0, 0.05) is 30.6 Å². The molecule has 0 unspecified atom stereocenters. The number of benzene rings is 3. The Balaban J connectivity index is 1.47. The molecule has 9 heteroatoms. The molecule has 0 saturated carbocycles. The van der Waals surface area contributed by atoms with E-state index in [1.165, 1.54) is 19.2 Å². The number of hydrogen-bond acceptors (Lipinski definition) is 4. The van der Waals surface area contributed by atoms with Crippen LogP contribution in [0.5, 0.6) is 0 Å². The van der Waals surface area contributed by atoms with Gasteiger partial charge in [-0.25, -0.2) is 9.37 Å². The lowest BCUT2D eigenvalue weighted by molar-refractivity contribution is -0.119. The molecule has 8 nitrogen and oxygen atoms in total. The number of rotatable bonds is 8. The highest BCUT2D eigenvalue weighted by Gasteiger charge is 2.18. The molecule has 36 heavy (non-hydrogen) atoms. The van der Waals surface area contributed by atoms with Crippen LogP contribution < -0.4 is 10.6 Å². The number of nitrogens with one attached hydrogen (secondary N) is 3. The van der Waals surface area contributed by atoms with Gasteiger partial charge in [-0.3, -0.25) is 9.59 Å². The molecule has 182 valence electrons. The summed E-state index contributed by atoms with van der Waals surface area (Å²) >= 11 is 0. The molecule has 3 aromatic carbocycles. The molecule has 0 aliphatic carbocycles. The highest BCUT2D eigenvalue weighted by molar-refractivity contribution is 6.07. The molecule has 5 aromatic rings. The average molecular weight is 486 g/mol. The quantitative estimate of drug-likeness (QED) is 0.306. The fourth-order valence-electron chi connectivity index (χ4n) is 4.19. The van der Waals surface area contributed by atoms with E-state index in [2.05, 4.69) is 20.6 Å². The van der Waals surface area contributed by atoms with E-state index in [-0.39, 0.29) is 24.2 Å². The Hall–Kier alpha value is -4.50. The molecule has 5 rings (SSSR count). The van der Waals surface area contributed by atoms with Crippen LogP contribution in [-0.2, 0) is 22.6 Å². The van der Waals surface area contributed by atoms with Gasteiger partial charge < -0.3 is 24.9 Å². The zero-order valence-corrected chi connectivity index (χ0v) is 19.5. The van der Waals surface area contributed by atoms with E-state index in [1.807, 2.05) is 34.9 Å². The van der Waals surface area contributed by atoms with E-state index in [9.17, 15) is 14.0 Å². The minimum atomic E-state index is -0.341. The van der Waals surface area contributed by atoms with Crippen LogP contribution in [-0.4, -0.2) is 40.1 Å². The minimum absolute atomic E-state index is 0.112. The minimum Gasteiger partial charge on any atom is -0.375 e. The fourth-order valence-corrected chi connectivity index (χ4v) is 4.19. The standard InChI is InChI=1S/C27H24FN5O3/c1-36-15-25(34)32-20-11-22(27(35)29-13-21-10-18-4-2-3-5-23(18)31-21)26-24(12-20)30-16-33(26)14-17-6-8-19(28)9-7-17/h2-12,16,31H,13-15H2,1H3,(H,29,35)(H,32,34). The molecule has 2 amide bonds. The molecule has 0 saturated heterocycles. The third-order valence-electron chi connectivity index (χ3n) is 5.81. The van der Waals surface area contributed by atoms with Crippen LogP contribution in [0.3, 0.4) is 0 Å². The molecule has 0 aliphatic heterocycles. The van der Waals surface area contributed by atoms with E-state index < -0.39 is 0 Å². The highest BCUT2D eigenvalue weighted by Crippen LogP contribution is 2.25.